The largest absolute Gasteiger partial charge is 0.623 e. The van der Waals surface area contributed by atoms with E-state index in [4.69, 9.17) is 0 Å². The van der Waals surface area contributed by atoms with Gasteiger partial charge in [0.15, 0.2) is 6.21 Å². The first-order valence-corrected chi connectivity index (χ1v) is 8.13. The number of nitrogens with zero attached hydrogens (tertiary/aromatic N) is 1. The summed E-state index contributed by atoms with van der Waals surface area (Å²) < 4.78 is 1.07. The van der Waals surface area contributed by atoms with Gasteiger partial charge >= 0.3 is 0 Å². The Morgan fingerprint density at radius 1 is 0.708 bits per heavy atom. The molecule has 0 aromatic heterocycles. The van der Waals surface area contributed by atoms with Crippen molar-refractivity contribution in [1.82, 2.24) is 0 Å². The summed E-state index contributed by atoms with van der Waals surface area (Å²) in [7, 11) is 0. The molecule has 120 valence electrons. The molecule has 3 aromatic rings. The third kappa shape index (κ3) is 3.38. The van der Waals surface area contributed by atoms with Crippen LogP contribution >= 0.6 is 0 Å². The van der Waals surface area contributed by atoms with Crippen LogP contribution in [0.5, 0.6) is 0 Å². The molecule has 0 radical (unpaired) electrons. The predicted octanol–water partition coefficient (Wildman–Crippen LogP) is 5.02. The van der Waals surface area contributed by atoms with Gasteiger partial charge in [-0.25, -0.2) is 0 Å². The number of rotatable bonds is 4. The zero-order valence-electron chi connectivity index (χ0n) is 14.0. The van der Waals surface area contributed by atoms with Crippen LogP contribution in [0.1, 0.15) is 33.9 Å². The molecule has 0 amide bonds. The van der Waals surface area contributed by atoms with Crippen molar-refractivity contribution in [3.05, 3.63) is 112 Å². The van der Waals surface area contributed by atoms with Crippen LogP contribution in [0.4, 0.5) is 0 Å². The Kier molecular flexibility index (Phi) is 4.76. The van der Waals surface area contributed by atoms with Crippen LogP contribution in [0.3, 0.4) is 0 Å². The Balaban J connectivity index is 2.14. The van der Waals surface area contributed by atoms with E-state index in [9.17, 15) is 5.21 Å². The highest BCUT2D eigenvalue weighted by atomic mass is 16.5. The maximum Gasteiger partial charge on any atom is 0.214 e. The Labute approximate surface area is 143 Å². The Hall–Kier alpha value is -2.87. The molecule has 0 bridgehead atoms. The van der Waals surface area contributed by atoms with Gasteiger partial charge in [-0.15, -0.1) is 0 Å². The maximum absolute atomic E-state index is 13.1. The van der Waals surface area contributed by atoms with Crippen molar-refractivity contribution in [1.29, 1.82) is 0 Å². The van der Waals surface area contributed by atoms with Crippen molar-refractivity contribution in [2.24, 2.45) is 0 Å². The Morgan fingerprint density at radius 2 is 1.17 bits per heavy atom. The van der Waals surface area contributed by atoms with E-state index in [2.05, 4.69) is 26.0 Å². The average Bonchev–Trinajstić information content (AvgIpc) is 2.59. The van der Waals surface area contributed by atoms with Crippen molar-refractivity contribution in [2.45, 2.75) is 19.9 Å². The lowest BCUT2D eigenvalue weighted by Crippen LogP contribution is -2.18. The number of hydroxylamine groups is 1. The van der Waals surface area contributed by atoms with E-state index in [1.165, 1.54) is 0 Å². The molecule has 0 N–H and O–H groups in total. The van der Waals surface area contributed by atoms with E-state index in [-0.39, 0.29) is 6.04 Å². The molecule has 24 heavy (non-hydrogen) atoms. The van der Waals surface area contributed by atoms with Crippen LogP contribution in [0.2, 0.25) is 0 Å². The first-order chi connectivity index (χ1) is 11.7. The van der Waals surface area contributed by atoms with Gasteiger partial charge in [-0.05, 0) is 37.1 Å². The monoisotopic (exact) mass is 315 g/mol. The molecule has 0 saturated heterocycles. The zero-order valence-corrected chi connectivity index (χ0v) is 14.0. The van der Waals surface area contributed by atoms with Crippen LogP contribution in [-0.4, -0.2) is 11.0 Å². The Morgan fingerprint density at radius 3 is 1.67 bits per heavy atom. The third-order valence-corrected chi connectivity index (χ3v) is 4.30. The van der Waals surface area contributed by atoms with E-state index in [0.717, 1.165) is 32.6 Å². The van der Waals surface area contributed by atoms with Crippen LogP contribution in [-0.2, 0) is 0 Å². The highest BCUT2D eigenvalue weighted by Crippen LogP contribution is 2.30. The second kappa shape index (κ2) is 7.14. The van der Waals surface area contributed by atoms with Gasteiger partial charge in [0, 0.05) is 16.7 Å². The molecule has 0 atom stereocenters. The minimum atomic E-state index is -0.354. The standard InChI is InChI=1S/C22H21NO/c1-17-10-6-8-14-20(17)22(21-15-9-7-11-18(21)2)23(24)16-19-12-4-3-5-13-19/h3-16,22H,1-2H3/b23-16-. The molecule has 0 fully saturated rings. The van der Waals surface area contributed by atoms with E-state index in [1.54, 1.807) is 6.21 Å². The van der Waals surface area contributed by atoms with E-state index in [1.807, 2.05) is 66.7 Å². The fourth-order valence-corrected chi connectivity index (χ4v) is 2.99. The van der Waals surface area contributed by atoms with Crippen molar-refractivity contribution < 1.29 is 4.74 Å². The summed E-state index contributed by atoms with van der Waals surface area (Å²) in [6.07, 6.45) is 1.67. The molecule has 0 saturated carbocycles. The van der Waals surface area contributed by atoms with Gasteiger partial charge < -0.3 is 5.21 Å². The van der Waals surface area contributed by atoms with Crippen molar-refractivity contribution in [3.8, 4) is 0 Å². The second-order valence-corrected chi connectivity index (χ2v) is 6.02. The Bertz CT molecular complexity index is 807. The van der Waals surface area contributed by atoms with E-state index in [0.29, 0.717) is 0 Å². The number of hydrogen-bond acceptors (Lipinski definition) is 1. The first kappa shape index (κ1) is 16.0. The normalized spacial score (nSPS) is 11.7. The van der Waals surface area contributed by atoms with Crippen LogP contribution < -0.4 is 0 Å². The van der Waals surface area contributed by atoms with Gasteiger partial charge in [0.1, 0.15) is 0 Å². The van der Waals surface area contributed by atoms with Crippen LogP contribution in [0.15, 0.2) is 78.9 Å². The molecule has 3 rings (SSSR count). The van der Waals surface area contributed by atoms with Gasteiger partial charge in [0.05, 0.1) is 0 Å². The number of hydrogen-bond donors (Lipinski definition) is 0. The summed E-state index contributed by atoms with van der Waals surface area (Å²) in [6.45, 7) is 4.11. The highest BCUT2D eigenvalue weighted by molar-refractivity contribution is 5.75. The molecule has 2 heteroatoms. The minimum Gasteiger partial charge on any atom is -0.623 e. The van der Waals surface area contributed by atoms with Crippen molar-refractivity contribution in [3.63, 3.8) is 0 Å². The quantitative estimate of drug-likeness (QED) is 0.287. The molecule has 0 aliphatic rings. The molecule has 0 spiro atoms. The molecule has 0 unspecified atom stereocenters. The summed E-state index contributed by atoms with van der Waals surface area (Å²) in [5.74, 6) is 0. The number of aryl methyl sites for hydroxylation is 2. The lowest BCUT2D eigenvalue weighted by atomic mass is 9.92. The minimum absolute atomic E-state index is 0.354. The summed E-state index contributed by atoms with van der Waals surface area (Å²) in [5, 5.41) is 13.1. The molecule has 3 aromatic carbocycles. The maximum atomic E-state index is 13.1. The van der Waals surface area contributed by atoms with Crippen LogP contribution in [0.25, 0.3) is 0 Å². The molecule has 2 nitrogen and oxygen atoms in total. The van der Waals surface area contributed by atoms with Crippen molar-refractivity contribution in [2.75, 3.05) is 0 Å². The van der Waals surface area contributed by atoms with Crippen molar-refractivity contribution >= 4 is 6.21 Å². The molecular formula is C22H21NO. The SMILES string of the molecule is Cc1ccccc1C(c1ccccc1C)/[N+]([O-])=C/c1ccccc1. The lowest BCUT2D eigenvalue weighted by molar-refractivity contribution is -0.491. The fraction of sp³-hybridized carbons (Fsp3) is 0.136. The fourth-order valence-electron chi connectivity index (χ4n) is 2.99. The summed E-state index contributed by atoms with van der Waals surface area (Å²) in [5.41, 5.74) is 5.21. The topological polar surface area (TPSA) is 26.1 Å². The third-order valence-electron chi connectivity index (χ3n) is 4.30. The van der Waals surface area contributed by atoms with Gasteiger partial charge in [-0.2, -0.15) is 4.74 Å². The van der Waals surface area contributed by atoms with Gasteiger partial charge in [-0.3, -0.25) is 0 Å². The molecule has 0 aliphatic heterocycles. The molecular weight excluding hydrogens is 294 g/mol. The highest BCUT2D eigenvalue weighted by Gasteiger charge is 2.24. The first-order valence-electron chi connectivity index (χ1n) is 8.13. The predicted molar refractivity (Wildman–Crippen MR) is 99.4 cm³/mol. The van der Waals surface area contributed by atoms with E-state index < -0.39 is 0 Å². The summed E-state index contributed by atoms with van der Waals surface area (Å²) in [4.78, 5) is 0. The molecule has 0 aliphatic carbocycles. The average molecular weight is 315 g/mol. The second-order valence-electron chi connectivity index (χ2n) is 6.02. The van der Waals surface area contributed by atoms with Gasteiger partial charge in [0.25, 0.3) is 0 Å². The van der Waals surface area contributed by atoms with Gasteiger partial charge in [0.2, 0.25) is 6.04 Å². The van der Waals surface area contributed by atoms with Crippen LogP contribution in [0, 0.1) is 19.1 Å². The summed E-state index contributed by atoms with van der Waals surface area (Å²) in [6, 6.07) is 25.5. The van der Waals surface area contributed by atoms with Gasteiger partial charge in [-0.1, -0.05) is 66.7 Å². The number of benzene rings is 3. The lowest BCUT2D eigenvalue weighted by Gasteiger charge is -2.21. The molecule has 0 heterocycles. The zero-order chi connectivity index (χ0) is 16.9. The summed E-state index contributed by atoms with van der Waals surface area (Å²) >= 11 is 0. The van der Waals surface area contributed by atoms with E-state index >= 15 is 0 Å². The smallest absolute Gasteiger partial charge is 0.214 e.